The normalized spacial score (nSPS) is 14.1. The van der Waals surface area contributed by atoms with Crippen molar-refractivity contribution in [2.75, 3.05) is 0 Å². The van der Waals surface area contributed by atoms with Crippen molar-refractivity contribution in [2.24, 2.45) is 11.1 Å². The second kappa shape index (κ2) is 6.56. The molecule has 0 aliphatic carbocycles. The number of nitrogens with two attached hydrogens (primary N) is 1. The van der Waals surface area contributed by atoms with Gasteiger partial charge in [0.05, 0.1) is 5.56 Å². The van der Waals surface area contributed by atoms with Gasteiger partial charge in [0.15, 0.2) is 6.29 Å². The fraction of sp³-hybridized carbons (Fsp3) is 0.467. The average Bonchev–Trinajstić information content (AvgIpc) is 2.34. The first-order chi connectivity index (χ1) is 9.65. The van der Waals surface area contributed by atoms with Gasteiger partial charge in [-0.2, -0.15) is 0 Å². The number of aldehydes is 1. The number of primary amides is 1. The van der Waals surface area contributed by atoms with Gasteiger partial charge >= 0.3 is 6.09 Å². The van der Waals surface area contributed by atoms with E-state index in [1.54, 1.807) is 6.92 Å². The first kappa shape index (κ1) is 16.9. The van der Waals surface area contributed by atoms with Crippen LogP contribution in [0.1, 0.15) is 38.1 Å². The maximum Gasteiger partial charge on any atom is 0.404 e. The van der Waals surface area contributed by atoms with Crippen LogP contribution in [0, 0.1) is 11.2 Å². The van der Waals surface area contributed by atoms with Crippen molar-refractivity contribution in [3.05, 3.63) is 29.6 Å². The van der Waals surface area contributed by atoms with E-state index >= 15 is 0 Å². The Labute approximate surface area is 123 Å². The SMILES string of the molecule is CC(Oc1cc(F)ccc1C=O)C(OC(N)=O)C(C)(C)C. The summed E-state index contributed by atoms with van der Waals surface area (Å²) >= 11 is 0. The van der Waals surface area contributed by atoms with E-state index in [0.29, 0.717) is 6.29 Å². The van der Waals surface area contributed by atoms with Gasteiger partial charge in [0.2, 0.25) is 0 Å². The number of benzene rings is 1. The first-order valence-corrected chi connectivity index (χ1v) is 6.52. The average molecular weight is 297 g/mol. The van der Waals surface area contributed by atoms with Crippen molar-refractivity contribution in [3.8, 4) is 5.75 Å². The van der Waals surface area contributed by atoms with Gasteiger partial charge in [-0.05, 0) is 19.1 Å². The molecule has 2 unspecified atom stereocenters. The summed E-state index contributed by atoms with van der Waals surface area (Å²) in [4.78, 5) is 22.0. The number of hydrogen-bond donors (Lipinski definition) is 1. The molecule has 0 saturated carbocycles. The second-order valence-electron chi connectivity index (χ2n) is 5.85. The van der Waals surface area contributed by atoms with Gasteiger partial charge < -0.3 is 15.2 Å². The van der Waals surface area contributed by atoms with Gasteiger partial charge in [0.1, 0.15) is 23.8 Å². The van der Waals surface area contributed by atoms with E-state index in [4.69, 9.17) is 15.2 Å². The fourth-order valence-electron chi connectivity index (χ4n) is 2.07. The summed E-state index contributed by atoms with van der Waals surface area (Å²) in [6.07, 6.45) is -1.61. The monoisotopic (exact) mass is 297 g/mol. The molecule has 1 amide bonds. The Morgan fingerprint density at radius 2 is 2.00 bits per heavy atom. The van der Waals surface area contributed by atoms with E-state index in [0.717, 1.165) is 6.07 Å². The molecule has 2 atom stereocenters. The lowest BCUT2D eigenvalue weighted by molar-refractivity contribution is -0.0326. The minimum Gasteiger partial charge on any atom is -0.486 e. The molecule has 0 saturated heterocycles. The van der Waals surface area contributed by atoms with Crippen molar-refractivity contribution in [3.63, 3.8) is 0 Å². The molecule has 1 aromatic rings. The van der Waals surface area contributed by atoms with Crippen LogP contribution in [-0.2, 0) is 4.74 Å². The molecule has 0 aliphatic heterocycles. The van der Waals surface area contributed by atoms with Crippen LogP contribution in [-0.4, -0.2) is 24.6 Å². The third kappa shape index (κ3) is 4.73. The molecule has 2 N–H and O–H groups in total. The second-order valence-corrected chi connectivity index (χ2v) is 5.85. The van der Waals surface area contributed by atoms with E-state index in [1.165, 1.54) is 12.1 Å². The number of amides is 1. The lowest BCUT2D eigenvalue weighted by Gasteiger charge is -2.34. The molecular weight excluding hydrogens is 277 g/mol. The van der Waals surface area contributed by atoms with Crippen molar-refractivity contribution < 1.29 is 23.5 Å². The highest BCUT2D eigenvalue weighted by Gasteiger charge is 2.34. The predicted octanol–water partition coefficient (Wildman–Crippen LogP) is 2.92. The quantitative estimate of drug-likeness (QED) is 0.847. The molecule has 0 spiro atoms. The molecule has 1 aromatic carbocycles. The fourth-order valence-corrected chi connectivity index (χ4v) is 2.07. The Morgan fingerprint density at radius 1 is 1.38 bits per heavy atom. The van der Waals surface area contributed by atoms with Gasteiger partial charge in [-0.25, -0.2) is 9.18 Å². The van der Waals surface area contributed by atoms with E-state index in [2.05, 4.69) is 0 Å². The maximum atomic E-state index is 13.3. The van der Waals surface area contributed by atoms with Crippen LogP contribution in [0.15, 0.2) is 18.2 Å². The third-order valence-corrected chi connectivity index (χ3v) is 2.94. The van der Waals surface area contributed by atoms with E-state index in [-0.39, 0.29) is 11.3 Å². The molecule has 5 nitrogen and oxygen atoms in total. The molecule has 0 aromatic heterocycles. The Hall–Kier alpha value is -2.11. The van der Waals surface area contributed by atoms with Gasteiger partial charge in [0.25, 0.3) is 0 Å². The predicted molar refractivity (Wildman–Crippen MR) is 75.8 cm³/mol. The lowest BCUT2D eigenvalue weighted by Crippen LogP contribution is -2.44. The Morgan fingerprint density at radius 3 is 2.48 bits per heavy atom. The zero-order valence-corrected chi connectivity index (χ0v) is 12.6. The van der Waals surface area contributed by atoms with E-state index in [9.17, 15) is 14.0 Å². The largest absolute Gasteiger partial charge is 0.486 e. The molecule has 116 valence electrons. The Balaban J connectivity index is 3.01. The number of halogens is 1. The molecule has 0 fully saturated rings. The third-order valence-electron chi connectivity index (χ3n) is 2.94. The first-order valence-electron chi connectivity index (χ1n) is 6.52. The summed E-state index contributed by atoms with van der Waals surface area (Å²) < 4.78 is 24.0. The number of carbonyl (C=O) groups is 2. The smallest absolute Gasteiger partial charge is 0.404 e. The molecule has 1 rings (SSSR count). The summed E-state index contributed by atoms with van der Waals surface area (Å²) in [5, 5.41) is 0. The molecule has 0 radical (unpaired) electrons. The minimum absolute atomic E-state index is 0.0971. The highest BCUT2D eigenvalue weighted by atomic mass is 19.1. The Kier molecular flexibility index (Phi) is 5.29. The zero-order valence-electron chi connectivity index (χ0n) is 12.6. The van der Waals surface area contributed by atoms with Crippen LogP contribution < -0.4 is 10.5 Å². The van der Waals surface area contributed by atoms with Crippen LogP contribution in [0.2, 0.25) is 0 Å². The van der Waals surface area contributed by atoms with Crippen molar-refractivity contribution in [1.82, 2.24) is 0 Å². The molecule has 21 heavy (non-hydrogen) atoms. The number of ether oxygens (including phenoxy) is 2. The van der Waals surface area contributed by atoms with E-state index in [1.807, 2.05) is 20.8 Å². The summed E-state index contributed by atoms with van der Waals surface area (Å²) in [7, 11) is 0. The van der Waals surface area contributed by atoms with Gasteiger partial charge in [-0.3, -0.25) is 4.79 Å². The summed E-state index contributed by atoms with van der Waals surface area (Å²) in [5.74, 6) is -0.425. The standard InChI is InChI=1S/C15H20FNO4/c1-9(13(15(2,3)4)21-14(17)19)20-12-7-11(16)6-5-10(12)8-18/h5-9,13H,1-4H3,(H2,17,19). The lowest BCUT2D eigenvalue weighted by atomic mass is 9.86. The zero-order chi connectivity index (χ0) is 16.2. The van der Waals surface area contributed by atoms with Crippen LogP contribution in [0.25, 0.3) is 0 Å². The van der Waals surface area contributed by atoms with Crippen molar-refractivity contribution in [1.29, 1.82) is 0 Å². The van der Waals surface area contributed by atoms with Crippen molar-refractivity contribution >= 4 is 12.4 Å². The highest BCUT2D eigenvalue weighted by molar-refractivity contribution is 5.79. The van der Waals surface area contributed by atoms with Crippen LogP contribution in [0.3, 0.4) is 0 Å². The molecule has 0 bridgehead atoms. The van der Waals surface area contributed by atoms with Crippen molar-refractivity contribution in [2.45, 2.75) is 39.9 Å². The maximum absolute atomic E-state index is 13.3. The summed E-state index contributed by atoms with van der Waals surface area (Å²) in [6, 6.07) is 3.61. The topological polar surface area (TPSA) is 78.6 Å². The molecular formula is C15H20FNO4. The minimum atomic E-state index is -0.916. The Bertz CT molecular complexity index is 525. The number of rotatable bonds is 5. The molecule has 0 aliphatic rings. The van der Waals surface area contributed by atoms with E-state index < -0.39 is 29.5 Å². The highest BCUT2D eigenvalue weighted by Crippen LogP contribution is 2.29. The number of hydrogen-bond acceptors (Lipinski definition) is 4. The molecule has 6 heteroatoms. The van der Waals surface area contributed by atoms with Gasteiger partial charge in [0, 0.05) is 11.5 Å². The number of carbonyl (C=O) groups excluding carboxylic acids is 2. The molecule has 0 heterocycles. The van der Waals surface area contributed by atoms with Crippen LogP contribution >= 0.6 is 0 Å². The van der Waals surface area contributed by atoms with Gasteiger partial charge in [-0.1, -0.05) is 20.8 Å². The van der Waals surface area contributed by atoms with Crippen LogP contribution in [0.4, 0.5) is 9.18 Å². The van der Waals surface area contributed by atoms with Gasteiger partial charge in [-0.15, -0.1) is 0 Å². The summed E-state index contributed by atoms with van der Waals surface area (Å²) in [5.41, 5.74) is 4.84. The summed E-state index contributed by atoms with van der Waals surface area (Å²) in [6.45, 7) is 7.23. The van der Waals surface area contributed by atoms with Crippen LogP contribution in [0.5, 0.6) is 5.75 Å².